The summed E-state index contributed by atoms with van der Waals surface area (Å²) in [6.07, 6.45) is 3.03. The molecule has 8 heteroatoms. The maximum atomic E-state index is 12.1. The van der Waals surface area contributed by atoms with Gasteiger partial charge in [-0.05, 0) is 46.3 Å². The quantitative estimate of drug-likeness (QED) is 0.729. The fourth-order valence-corrected chi connectivity index (χ4v) is 2.08. The molecule has 0 saturated carbocycles. The van der Waals surface area contributed by atoms with E-state index in [0.29, 0.717) is 21.3 Å². The molecule has 0 aliphatic carbocycles. The molecule has 7 nitrogen and oxygen atoms in total. The first-order valence-electron chi connectivity index (χ1n) is 6.54. The molecule has 3 amide bonds. The first-order valence-corrected chi connectivity index (χ1v) is 7.33. The Morgan fingerprint density at radius 2 is 1.74 bits per heavy atom. The molecular weight excluding hydrogens is 364 g/mol. The lowest BCUT2D eigenvalue weighted by Gasteiger charge is -2.07. The van der Waals surface area contributed by atoms with E-state index in [1.54, 1.807) is 24.4 Å². The van der Waals surface area contributed by atoms with Crippen molar-refractivity contribution in [3.05, 3.63) is 58.3 Å². The average Bonchev–Trinajstić information content (AvgIpc) is 2.53. The summed E-state index contributed by atoms with van der Waals surface area (Å²) in [5.41, 5.74) is 6.24. The number of halogens is 1. The molecule has 0 unspecified atom stereocenters. The Kier molecular flexibility index (Phi) is 5.42. The maximum absolute atomic E-state index is 12.1. The fourth-order valence-electron chi connectivity index (χ4n) is 1.71. The minimum Gasteiger partial charge on any atom is -0.368 e. The van der Waals surface area contributed by atoms with Crippen LogP contribution in [0.3, 0.4) is 0 Å². The van der Waals surface area contributed by atoms with Gasteiger partial charge in [0.15, 0.2) is 0 Å². The number of nitrogens with two attached hydrogens (primary N) is 1. The number of nitrogens with zero attached hydrogens (tertiary/aromatic N) is 1. The van der Waals surface area contributed by atoms with Crippen LogP contribution in [0, 0.1) is 0 Å². The largest absolute Gasteiger partial charge is 0.368 e. The van der Waals surface area contributed by atoms with Crippen molar-refractivity contribution in [2.45, 2.75) is 0 Å². The van der Waals surface area contributed by atoms with Crippen molar-refractivity contribution in [3.63, 3.8) is 0 Å². The van der Waals surface area contributed by atoms with Crippen LogP contribution in [0.25, 0.3) is 0 Å². The summed E-state index contributed by atoms with van der Waals surface area (Å²) in [7, 11) is 0. The number of primary amides is 1. The van der Waals surface area contributed by atoms with Crippen molar-refractivity contribution in [1.82, 2.24) is 10.3 Å². The number of rotatable bonds is 5. The zero-order chi connectivity index (χ0) is 16.8. The number of carbonyl (C=O) groups is 3. The van der Waals surface area contributed by atoms with E-state index in [9.17, 15) is 14.4 Å². The molecule has 2 rings (SSSR count). The van der Waals surface area contributed by atoms with Gasteiger partial charge in [-0.1, -0.05) is 0 Å². The number of amides is 3. The van der Waals surface area contributed by atoms with Crippen LogP contribution in [0.15, 0.2) is 47.2 Å². The lowest BCUT2D eigenvalue weighted by molar-refractivity contribution is -0.117. The van der Waals surface area contributed by atoms with Crippen molar-refractivity contribution < 1.29 is 14.4 Å². The number of hydrogen-bond donors (Lipinski definition) is 3. The third kappa shape index (κ3) is 4.89. The Morgan fingerprint density at radius 1 is 1.04 bits per heavy atom. The molecule has 1 aromatic heterocycles. The molecule has 2 aromatic rings. The number of anilines is 1. The molecule has 0 fully saturated rings. The van der Waals surface area contributed by atoms with E-state index in [1.807, 2.05) is 0 Å². The maximum Gasteiger partial charge on any atom is 0.257 e. The van der Waals surface area contributed by atoms with E-state index in [2.05, 4.69) is 31.5 Å². The van der Waals surface area contributed by atoms with Crippen LogP contribution in [0.4, 0.5) is 5.69 Å². The SMILES string of the molecule is NC(=O)CNC(=O)c1ccc(NC(=O)c2cncc(Br)c2)cc1. The van der Waals surface area contributed by atoms with Gasteiger partial charge in [0, 0.05) is 28.1 Å². The summed E-state index contributed by atoms with van der Waals surface area (Å²) in [5, 5.41) is 5.07. The predicted molar refractivity (Wildman–Crippen MR) is 87.9 cm³/mol. The molecule has 0 radical (unpaired) electrons. The third-order valence-electron chi connectivity index (χ3n) is 2.80. The normalized spacial score (nSPS) is 9.96. The number of pyridine rings is 1. The van der Waals surface area contributed by atoms with Gasteiger partial charge in [-0.2, -0.15) is 0 Å². The zero-order valence-electron chi connectivity index (χ0n) is 11.9. The highest BCUT2D eigenvalue weighted by Gasteiger charge is 2.09. The minimum absolute atomic E-state index is 0.229. The summed E-state index contributed by atoms with van der Waals surface area (Å²) in [5.74, 6) is -1.35. The summed E-state index contributed by atoms with van der Waals surface area (Å²) < 4.78 is 0.701. The topological polar surface area (TPSA) is 114 Å². The Hall–Kier alpha value is -2.74. The molecule has 0 saturated heterocycles. The molecule has 0 aliphatic rings. The van der Waals surface area contributed by atoms with Gasteiger partial charge in [0.05, 0.1) is 12.1 Å². The number of aromatic nitrogens is 1. The predicted octanol–water partition coefficient (Wildman–Crippen LogP) is 1.31. The highest BCUT2D eigenvalue weighted by Crippen LogP contribution is 2.13. The van der Waals surface area contributed by atoms with E-state index >= 15 is 0 Å². The van der Waals surface area contributed by atoms with E-state index in [4.69, 9.17) is 5.73 Å². The van der Waals surface area contributed by atoms with Crippen LogP contribution in [-0.2, 0) is 4.79 Å². The summed E-state index contributed by atoms with van der Waals surface area (Å²) in [6.45, 7) is -0.229. The summed E-state index contributed by atoms with van der Waals surface area (Å²) in [6, 6.07) is 7.88. The molecule has 23 heavy (non-hydrogen) atoms. The van der Waals surface area contributed by atoms with E-state index in [1.165, 1.54) is 18.3 Å². The van der Waals surface area contributed by atoms with Gasteiger partial charge in [-0.15, -0.1) is 0 Å². The molecule has 0 atom stereocenters. The highest BCUT2D eigenvalue weighted by atomic mass is 79.9. The van der Waals surface area contributed by atoms with Crippen LogP contribution < -0.4 is 16.4 Å². The van der Waals surface area contributed by atoms with Crippen LogP contribution in [0.2, 0.25) is 0 Å². The monoisotopic (exact) mass is 376 g/mol. The first kappa shape index (κ1) is 16.6. The smallest absolute Gasteiger partial charge is 0.257 e. The molecular formula is C15H13BrN4O3. The second-order valence-electron chi connectivity index (χ2n) is 4.57. The van der Waals surface area contributed by atoms with Gasteiger partial charge < -0.3 is 16.4 Å². The molecule has 0 spiro atoms. The fraction of sp³-hybridized carbons (Fsp3) is 0.0667. The lowest BCUT2D eigenvalue weighted by Crippen LogP contribution is -2.33. The van der Waals surface area contributed by atoms with Crippen molar-refractivity contribution >= 4 is 39.3 Å². The second-order valence-corrected chi connectivity index (χ2v) is 5.49. The van der Waals surface area contributed by atoms with Gasteiger partial charge >= 0.3 is 0 Å². The number of carbonyl (C=O) groups excluding carboxylic acids is 3. The number of hydrogen-bond acceptors (Lipinski definition) is 4. The van der Waals surface area contributed by atoms with Crippen LogP contribution in [-0.4, -0.2) is 29.3 Å². The Balaban J connectivity index is 2.01. The molecule has 0 bridgehead atoms. The summed E-state index contributed by atoms with van der Waals surface area (Å²) >= 11 is 3.25. The van der Waals surface area contributed by atoms with Gasteiger partial charge in [0.1, 0.15) is 0 Å². The zero-order valence-corrected chi connectivity index (χ0v) is 13.5. The number of benzene rings is 1. The van der Waals surface area contributed by atoms with E-state index < -0.39 is 11.8 Å². The molecule has 0 aliphatic heterocycles. The van der Waals surface area contributed by atoms with Crippen molar-refractivity contribution in [1.29, 1.82) is 0 Å². The third-order valence-corrected chi connectivity index (χ3v) is 3.23. The Labute approximate surface area is 140 Å². The van der Waals surface area contributed by atoms with Gasteiger partial charge in [-0.3, -0.25) is 19.4 Å². The molecule has 1 aromatic carbocycles. The second kappa shape index (κ2) is 7.50. The van der Waals surface area contributed by atoms with Gasteiger partial charge in [0.2, 0.25) is 5.91 Å². The molecule has 1 heterocycles. The lowest BCUT2D eigenvalue weighted by atomic mass is 10.2. The van der Waals surface area contributed by atoms with Gasteiger partial charge in [0.25, 0.3) is 11.8 Å². The van der Waals surface area contributed by atoms with E-state index in [-0.39, 0.29) is 12.5 Å². The highest BCUT2D eigenvalue weighted by molar-refractivity contribution is 9.10. The average molecular weight is 377 g/mol. The van der Waals surface area contributed by atoms with Crippen LogP contribution in [0.5, 0.6) is 0 Å². The summed E-state index contributed by atoms with van der Waals surface area (Å²) in [4.78, 5) is 38.3. The van der Waals surface area contributed by atoms with E-state index in [0.717, 1.165) is 0 Å². The standard InChI is InChI=1S/C15H13BrN4O3/c16-11-5-10(6-18-7-11)15(23)20-12-3-1-9(2-4-12)14(22)19-8-13(17)21/h1-7H,8H2,(H2,17,21)(H,19,22)(H,20,23). The molecule has 118 valence electrons. The van der Waals surface area contributed by atoms with Crippen molar-refractivity contribution in [2.24, 2.45) is 5.73 Å². The van der Waals surface area contributed by atoms with Gasteiger partial charge in [-0.25, -0.2) is 0 Å². The van der Waals surface area contributed by atoms with Crippen LogP contribution >= 0.6 is 15.9 Å². The number of nitrogens with one attached hydrogen (secondary N) is 2. The first-order chi connectivity index (χ1) is 11.0. The molecule has 4 N–H and O–H groups in total. The van der Waals surface area contributed by atoms with Crippen molar-refractivity contribution in [2.75, 3.05) is 11.9 Å². The van der Waals surface area contributed by atoms with Crippen molar-refractivity contribution in [3.8, 4) is 0 Å². The van der Waals surface area contributed by atoms with Crippen LogP contribution in [0.1, 0.15) is 20.7 Å². The Bertz CT molecular complexity index is 747. The minimum atomic E-state index is -0.620. The Morgan fingerprint density at radius 3 is 2.35 bits per heavy atom.